The van der Waals surface area contributed by atoms with Gasteiger partial charge < -0.3 is 14.8 Å². The van der Waals surface area contributed by atoms with E-state index in [4.69, 9.17) is 9.47 Å². The van der Waals surface area contributed by atoms with E-state index in [1.54, 1.807) is 24.3 Å². The van der Waals surface area contributed by atoms with Gasteiger partial charge in [0.05, 0.1) is 13.2 Å². The van der Waals surface area contributed by atoms with Crippen LogP contribution in [0.5, 0.6) is 5.75 Å². The first-order valence-electron chi connectivity index (χ1n) is 10.2. The van der Waals surface area contributed by atoms with Crippen LogP contribution in [0.25, 0.3) is 10.8 Å². The van der Waals surface area contributed by atoms with E-state index in [1.807, 2.05) is 6.07 Å². The van der Waals surface area contributed by atoms with Crippen LogP contribution in [0, 0.1) is 0 Å². The van der Waals surface area contributed by atoms with Crippen molar-refractivity contribution in [3.63, 3.8) is 0 Å². The Bertz CT molecular complexity index is 988. The summed E-state index contributed by atoms with van der Waals surface area (Å²) in [7, 11) is 0. The summed E-state index contributed by atoms with van der Waals surface area (Å²) in [4.78, 5) is 38.6. The molecule has 1 saturated heterocycles. The Morgan fingerprint density at radius 3 is 2.70 bits per heavy atom. The molecule has 2 aromatic rings. The summed E-state index contributed by atoms with van der Waals surface area (Å²) in [6.45, 7) is 5.22. The van der Waals surface area contributed by atoms with Crippen LogP contribution in [0.4, 0.5) is 0 Å². The standard InChI is InChI=1S/C23H24N2O5/c1-2-20(26)30-13-5-12-29-19-10-9-18-21-16(19)7-3-8-17(21)22(27)25(23(18)28)14-15-6-4-11-24-15/h2-3,7-10,15,24H,1,4-6,11-14H2. The molecule has 2 amide bonds. The number of imide groups is 1. The minimum atomic E-state index is -0.467. The highest BCUT2D eigenvalue weighted by Gasteiger charge is 2.35. The molecule has 2 aromatic carbocycles. The summed E-state index contributed by atoms with van der Waals surface area (Å²) >= 11 is 0. The molecule has 156 valence electrons. The van der Waals surface area contributed by atoms with Crippen LogP contribution in [0.2, 0.25) is 0 Å². The Morgan fingerprint density at radius 1 is 1.17 bits per heavy atom. The van der Waals surface area contributed by atoms with Gasteiger partial charge in [-0.15, -0.1) is 0 Å². The SMILES string of the molecule is C=CC(=O)OCCCOc1ccc2c3c(cccc13)C(=O)N(CC1CCCN1)C2=O. The van der Waals surface area contributed by atoms with Crippen molar-refractivity contribution in [3.8, 4) is 5.75 Å². The zero-order valence-corrected chi connectivity index (χ0v) is 16.7. The Morgan fingerprint density at radius 2 is 1.97 bits per heavy atom. The summed E-state index contributed by atoms with van der Waals surface area (Å²) in [5.74, 6) is -0.399. The lowest BCUT2D eigenvalue weighted by molar-refractivity contribution is -0.137. The van der Waals surface area contributed by atoms with Gasteiger partial charge in [-0.1, -0.05) is 18.7 Å². The third kappa shape index (κ3) is 3.80. The highest BCUT2D eigenvalue weighted by molar-refractivity contribution is 6.26. The van der Waals surface area contributed by atoms with E-state index in [2.05, 4.69) is 11.9 Å². The van der Waals surface area contributed by atoms with Gasteiger partial charge in [-0.3, -0.25) is 14.5 Å². The van der Waals surface area contributed by atoms with Crippen molar-refractivity contribution in [1.29, 1.82) is 0 Å². The second-order valence-corrected chi connectivity index (χ2v) is 7.43. The molecule has 4 rings (SSSR count). The fourth-order valence-corrected chi connectivity index (χ4v) is 4.02. The average Bonchev–Trinajstić information content (AvgIpc) is 3.28. The molecule has 0 spiro atoms. The molecular formula is C23H24N2O5. The molecule has 2 aliphatic rings. The first kappa shape index (κ1) is 20.1. The molecule has 1 unspecified atom stereocenters. The molecule has 0 aromatic heterocycles. The molecule has 1 N–H and O–H groups in total. The number of ether oxygens (including phenoxy) is 2. The van der Waals surface area contributed by atoms with Crippen molar-refractivity contribution in [1.82, 2.24) is 10.2 Å². The molecule has 7 heteroatoms. The van der Waals surface area contributed by atoms with Crippen LogP contribution in [0.1, 0.15) is 40.0 Å². The van der Waals surface area contributed by atoms with Crippen molar-refractivity contribution in [2.45, 2.75) is 25.3 Å². The average molecular weight is 408 g/mol. The van der Waals surface area contributed by atoms with Crippen molar-refractivity contribution in [2.75, 3.05) is 26.3 Å². The molecule has 0 saturated carbocycles. The molecule has 30 heavy (non-hydrogen) atoms. The maximum absolute atomic E-state index is 13.1. The Kier molecular flexibility index (Phi) is 5.81. The molecule has 2 heterocycles. The number of benzene rings is 2. The van der Waals surface area contributed by atoms with Crippen molar-refractivity contribution in [3.05, 3.63) is 54.1 Å². The van der Waals surface area contributed by atoms with Gasteiger partial charge in [0.2, 0.25) is 0 Å². The van der Waals surface area contributed by atoms with Crippen LogP contribution >= 0.6 is 0 Å². The minimum Gasteiger partial charge on any atom is -0.493 e. The van der Waals surface area contributed by atoms with Gasteiger partial charge in [0.1, 0.15) is 5.75 Å². The monoisotopic (exact) mass is 408 g/mol. The normalized spacial score (nSPS) is 18.0. The van der Waals surface area contributed by atoms with E-state index < -0.39 is 5.97 Å². The van der Waals surface area contributed by atoms with Crippen molar-refractivity contribution < 1.29 is 23.9 Å². The van der Waals surface area contributed by atoms with Crippen LogP contribution in [-0.2, 0) is 9.53 Å². The fourth-order valence-electron chi connectivity index (χ4n) is 4.02. The smallest absolute Gasteiger partial charge is 0.330 e. The predicted molar refractivity (Wildman–Crippen MR) is 112 cm³/mol. The van der Waals surface area contributed by atoms with E-state index >= 15 is 0 Å². The highest BCUT2D eigenvalue weighted by atomic mass is 16.5. The minimum absolute atomic E-state index is 0.149. The van der Waals surface area contributed by atoms with Gasteiger partial charge in [-0.2, -0.15) is 0 Å². The summed E-state index contributed by atoms with van der Waals surface area (Å²) in [6, 6.07) is 9.05. The number of hydrogen-bond donors (Lipinski definition) is 1. The number of nitrogens with one attached hydrogen (secondary N) is 1. The summed E-state index contributed by atoms with van der Waals surface area (Å²) in [6.07, 6.45) is 3.65. The summed E-state index contributed by atoms with van der Waals surface area (Å²) in [5.41, 5.74) is 1.04. The maximum Gasteiger partial charge on any atom is 0.330 e. The van der Waals surface area contributed by atoms with Crippen molar-refractivity contribution >= 4 is 28.6 Å². The second kappa shape index (κ2) is 8.67. The quantitative estimate of drug-likeness (QED) is 0.313. The Balaban J connectivity index is 1.54. The number of esters is 1. The largest absolute Gasteiger partial charge is 0.493 e. The number of nitrogens with zero attached hydrogens (tertiary/aromatic N) is 1. The van der Waals surface area contributed by atoms with Gasteiger partial charge in [0.15, 0.2) is 0 Å². The first-order valence-corrected chi connectivity index (χ1v) is 10.2. The molecule has 0 radical (unpaired) electrons. The molecular weight excluding hydrogens is 384 g/mol. The third-order valence-corrected chi connectivity index (χ3v) is 5.47. The van der Waals surface area contributed by atoms with E-state index in [0.29, 0.717) is 41.8 Å². The van der Waals surface area contributed by atoms with Crippen LogP contribution in [-0.4, -0.2) is 55.0 Å². The van der Waals surface area contributed by atoms with E-state index in [9.17, 15) is 14.4 Å². The topological polar surface area (TPSA) is 84.9 Å². The van der Waals surface area contributed by atoms with E-state index in [-0.39, 0.29) is 24.5 Å². The number of carbonyl (C=O) groups is 3. The maximum atomic E-state index is 13.1. The van der Waals surface area contributed by atoms with E-state index in [1.165, 1.54) is 4.90 Å². The lowest BCUT2D eigenvalue weighted by atomic mass is 9.93. The lowest BCUT2D eigenvalue weighted by Gasteiger charge is -2.29. The molecule has 2 aliphatic heterocycles. The van der Waals surface area contributed by atoms with E-state index in [0.717, 1.165) is 30.8 Å². The summed E-state index contributed by atoms with van der Waals surface area (Å²) in [5, 5.41) is 4.71. The lowest BCUT2D eigenvalue weighted by Crippen LogP contribution is -2.46. The molecule has 1 atom stereocenters. The van der Waals surface area contributed by atoms with Gasteiger partial charge in [0.25, 0.3) is 11.8 Å². The number of rotatable bonds is 8. The molecule has 7 nitrogen and oxygen atoms in total. The number of hydrogen-bond acceptors (Lipinski definition) is 6. The zero-order chi connectivity index (χ0) is 21.1. The number of carbonyl (C=O) groups excluding carboxylic acids is 3. The molecule has 1 fully saturated rings. The van der Waals surface area contributed by atoms with Gasteiger partial charge in [-0.25, -0.2) is 4.79 Å². The van der Waals surface area contributed by atoms with Crippen LogP contribution in [0.3, 0.4) is 0 Å². The van der Waals surface area contributed by atoms with Crippen LogP contribution in [0.15, 0.2) is 43.0 Å². The zero-order valence-electron chi connectivity index (χ0n) is 16.7. The molecule has 0 aliphatic carbocycles. The number of amides is 2. The van der Waals surface area contributed by atoms with Crippen LogP contribution < -0.4 is 10.1 Å². The van der Waals surface area contributed by atoms with Gasteiger partial charge >= 0.3 is 5.97 Å². The fraction of sp³-hybridized carbons (Fsp3) is 0.348. The van der Waals surface area contributed by atoms with Gasteiger partial charge in [-0.05, 0) is 37.6 Å². The van der Waals surface area contributed by atoms with Gasteiger partial charge in [0, 0.05) is 47.0 Å². The third-order valence-electron chi connectivity index (χ3n) is 5.47. The van der Waals surface area contributed by atoms with Crippen molar-refractivity contribution in [2.24, 2.45) is 0 Å². The molecule has 0 bridgehead atoms. The Labute approximate surface area is 174 Å². The highest BCUT2D eigenvalue weighted by Crippen LogP contribution is 2.35. The second-order valence-electron chi connectivity index (χ2n) is 7.43. The summed E-state index contributed by atoms with van der Waals surface area (Å²) < 4.78 is 10.8. The first-order chi connectivity index (χ1) is 14.6. The predicted octanol–water partition coefficient (Wildman–Crippen LogP) is 2.69. The Hall–Kier alpha value is -3.19.